The number of hydrogen-bond donors (Lipinski definition) is 2. The number of aryl methyl sites for hydroxylation is 1. The van der Waals surface area contributed by atoms with Gasteiger partial charge in [-0.15, -0.1) is 0 Å². The lowest BCUT2D eigenvalue weighted by Crippen LogP contribution is -2.29. The first kappa shape index (κ1) is 21.7. The quantitative estimate of drug-likeness (QED) is 0.401. The highest BCUT2D eigenvalue weighted by atomic mass is 16.3. The van der Waals surface area contributed by atoms with E-state index in [4.69, 9.17) is 15.0 Å². The summed E-state index contributed by atoms with van der Waals surface area (Å²) in [6, 6.07) is 5.42. The van der Waals surface area contributed by atoms with E-state index >= 15 is 0 Å². The summed E-state index contributed by atoms with van der Waals surface area (Å²) in [6.07, 6.45) is 11.0. The van der Waals surface area contributed by atoms with Gasteiger partial charge >= 0.3 is 0 Å². The standard InChI is InChI=1S/C24H25N9O/c1-5-24(34,16-6-8-25-9-7-16)20-10-18(30-23(31-20)32(2)3)17-12-26-22-21(17)29-19(13-27-22)15-11-28-33(4)14-15/h6-14,34H,5H2,1-4H3,(H,26,27). The van der Waals surface area contributed by atoms with Crippen molar-refractivity contribution in [1.29, 1.82) is 0 Å². The molecule has 2 N–H and O–H groups in total. The van der Waals surface area contributed by atoms with Gasteiger partial charge in [0.1, 0.15) is 11.1 Å². The fraction of sp³-hybridized carbons (Fsp3) is 0.250. The van der Waals surface area contributed by atoms with Crippen LogP contribution in [-0.2, 0) is 12.6 Å². The first-order valence-electron chi connectivity index (χ1n) is 10.9. The summed E-state index contributed by atoms with van der Waals surface area (Å²) in [6.45, 7) is 1.93. The molecule has 0 aliphatic heterocycles. The average Bonchev–Trinajstić information content (AvgIpc) is 3.49. The molecule has 0 saturated heterocycles. The van der Waals surface area contributed by atoms with Gasteiger partial charge in [-0.2, -0.15) is 5.10 Å². The molecule has 1 atom stereocenters. The van der Waals surface area contributed by atoms with Crippen molar-refractivity contribution in [2.24, 2.45) is 7.05 Å². The van der Waals surface area contributed by atoms with Gasteiger partial charge in [-0.3, -0.25) is 9.67 Å². The molecule has 5 aromatic rings. The predicted octanol–water partition coefficient (Wildman–Crippen LogP) is 2.92. The first-order valence-corrected chi connectivity index (χ1v) is 10.9. The van der Waals surface area contributed by atoms with Gasteiger partial charge in [0.15, 0.2) is 5.65 Å². The first-order chi connectivity index (χ1) is 16.4. The van der Waals surface area contributed by atoms with E-state index in [1.165, 1.54) is 0 Å². The number of H-pyrrole nitrogens is 1. The van der Waals surface area contributed by atoms with E-state index < -0.39 is 5.60 Å². The van der Waals surface area contributed by atoms with Crippen LogP contribution in [0.25, 0.3) is 33.7 Å². The van der Waals surface area contributed by atoms with Crippen LogP contribution in [0.5, 0.6) is 0 Å². The molecular weight excluding hydrogens is 430 g/mol. The van der Waals surface area contributed by atoms with Crippen LogP contribution in [0.1, 0.15) is 24.6 Å². The molecule has 10 heteroatoms. The Morgan fingerprint density at radius 3 is 2.56 bits per heavy atom. The highest BCUT2D eigenvalue weighted by Crippen LogP contribution is 2.35. The van der Waals surface area contributed by atoms with Crippen molar-refractivity contribution in [2.45, 2.75) is 18.9 Å². The molecule has 5 rings (SSSR count). The van der Waals surface area contributed by atoms with Crippen LogP contribution in [-0.4, -0.2) is 58.9 Å². The zero-order valence-electron chi connectivity index (χ0n) is 19.4. The number of aliphatic hydroxyl groups is 1. The Morgan fingerprint density at radius 1 is 1.09 bits per heavy atom. The number of rotatable bonds is 6. The number of pyridine rings is 1. The molecule has 5 heterocycles. The Bertz CT molecular complexity index is 1460. The Labute approximate surface area is 196 Å². The highest BCUT2D eigenvalue weighted by molar-refractivity contribution is 5.90. The van der Waals surface area contributed by atoms with E-state index in [2.05, 4.69) is 20.1 Å². The zero-order chi connectivity index (χ0) is 23.9. The summed E-state index contributed by atoms with van der Waals surface area (Å²) in [5.74, 6) is 0.485. The molecular formula is C24H25N9O. The smallest absolute Gasteiger partial charge is 0.225 e. The van der Waals surface area contributed by atoms with E-state index in [1.807, 2.05) is 51.4 Å². The number of fused-ring (bicyclic) bond motifs is 1. The second-order valence-corrected chi connectivity index (χ2v) is 8.34. The second-order valence-electron chi connectivity index (χ2n) is 8.34. The van der Waals surface area contributed by atoms with Gasteiger partial charge in [0, 0.05) is 57.1 Å². The normalized spacial score (nSPS) is 13.2. The van der Waals surface area contributed by atoms with Crippen molar-refractivity contribution >= 4 is 17.1 Å². The monoisotopic (exact) mass is 455 g/mol. The molecule has 0 amide bonds. The average molecular weight is 456 g/mol. The van der Waals surface area contributed by atoms with Gasteiger partial charge in [0.2, 0.25) is 5.95 Å². The van der Waals surface area contributed by atoms with E-state index in [-0.39, 0.29) is 0 Å². The molecule has 0 aromatic carbocycles. The van der Waals surface area contributed by atoms with Gasteiger partial charge in [-0.1, -0.05) is 6.92 Å². The molecule has 10 nitrogen and oxygen atoms in total. The van der Waals surface area contributed by atoms with Crippen molar-refractivity contribution in [2.75, 3.05) is 19.0 Å². The number of anilines is 1. The summed E-state index contributed by atoms with van der Waals surface area (Å²) >= 11 is 0. The minimum Gasteiger partial charge on any atom is -0.379 e. The third-order valence-electron chi connectivity index (χ3n) is 5.87. The van der Waals surface area contributed by atoms with Crippen molar-refractivity contribution in [3.05, 3.63) is 66.6 Å². The second kappa shape index (κ2) is 8.31. The SMILES string of the molecule is CCC(O)(c1ccncc1)c1cc(-c2c[nH]c3ncc(-c4cnn(C)c4)nc23)nc(N(C)C)n1. The van der Waals surface area contributed by atoms with Gasteiger partial charge < -0.3 is 15.0 Å². The summed E-state index contributed by atoms with van der Waals surface area (Å²) in [4.78, 5) is 27.9. The fourth-order valence-electron chi connectivity index (χ4n) is 3.92. The van der Waals surface area contributed by atoms with Gasteiger partial charge in [-0.05, 0) is 30.2 Å². The Hall–Kier alpha value is -4.18. The van der Waals surface area contributed by atoms with E-state index in [9.17, 15) is 5.11 Å². The molecule has 0 fully saturated rings. The molecule has 34 heavy (non-hydrogen) atoms. The number of hydrogen-bond acceptors (Lipinski definition) is 8. The summed E-state index contributed by atoms with van der Waals surface area (Å²) in [5, 5.41) is 15.9. The molecule has 172 valence electrons. The molecule has 1 unspecified atom stereocenters. The van der Waals surface area contributed by atoms with Crippen LogP contribution in [0.15, 0.2) is 55.4 Å². The molecule has 0 saturated carbocycles. The van der Waals surface area contributed by atoms with E-state index in [0.29, 0.717) is 40.6 Å². The summed E-state index contributed by atoms with van der Waals surface area (Å²) in [5.41, 5.74) is 4.24. The Balaban J connectivity index is 1.69. The summed E-state index contributed by atoms with van der Waals surface area (Å²) < 4.78 is 1.73. The van der Waals surface area contributed by atoms with E-state index in [0.717, 1.165) is 16.7 Å². The fourth-order valence-corrected chi connectivity index (χ4v) is 3.92. The zero-order valence-corrected chi connectivity index (χ0v) is 19.4. The summed E-state index contributed by atoms with van der Waals surface area (Å²) in [7, 11) is 5.60. The predicted molar refractivity (Wildman–Crippen MR) is 129 cm³/mol. The van der Waals surface area contributed by atoms with Crippen LogP contribution in [0.3, 0.4) is 0 Å². The third-order valence-corrected chi connectivity index (χ3v) is 5.87. The van der Waals surface area contributed by atoms with Crippen molar-refractivity contribution in [3.8, 4) is 22.5 Å². The maximum absolute atomic E-state index is 11.7. The molecule has 0 bridgehead atoms. The lowest BCUT2D eigenvalue weighted by Gasteiger charge is -2.28. The molecule has 0 aliphatic carbocycles. The largest absolute Gasteiger partial charge is 0.379 e. The van der Waals surface area contributed by atoms with Crippen LogP contribution in [0.4, 0.5) is 5.95 Å². The van der Waals surface area contributed by atoms with Crippen molar-refractivity contribution < 1.29 is 5.11 Å². The van der Waals surface area contributed by atoms with E-state index in [1.54, 1.807) is 41.6 Å². The third kappa shape index (κ3) is 3.67. The molecule has 5 aromatic heterocycles. The van der Waals surface area contributed by atoms with Gasteiger partial charge in [0.05, 0.1) is 29.5 Å². The van der Waals surface area contributed by atoms with Gasteiger partial charge in [0.25, 0.3) is 0 Å². The van der Waals surface area contributed by atoms with Crippen LogP contribution < -0.4 is 4.90 Å². The number of nitrogens with one attached hydrogen (secondary N) is 1. The van der Waals surface area contributed by atoms with Crippen LogP contribution in [0.2, 0.25) is 0 Å². The number of aromatic nitrogens is 8. The molecule has 0 spiro atoms. The van der Waals surface area contributed by atoms with Gasteiger partial charge in [-0.25, -0.2) is 19.9 Å². The highest BCUT2D eigenvalue weighted by Gasteiger charge is 2.33. The minimum absolute atomic E-state index is 0.430. The number of aromatic amines is 1. The van der Waals surface area contributed by atoms with Crippen molar-refractivity contribution in [1.82, 2.24) is 39.7 Å². The van der Waals surface area contributed by atoms with Crippen LogP contribution >= 0.6 is 0 Å². The molecule has 0 aliphatic rings. The van der Waals surface area contributed by atoms with Crippen LogP contribution in [0, 0.1) is 0 Å². The number of nitrogens with zero attached hydrogens (tertiary/aromatic N) is 8. The minimum atomic E-state index is -1.30. The lowest BCUT2D eigenvalue weighted by molar-refractivity contribution is 0.0718. The maximum Gasteiger partial charge on any atom is 0.225 e. The van der Waals surface area contributed by atoms with Crippen molar-refractivity contribution in [3.63, 3.8) is 0 Å². The Morgan fingerprint density at radius 2 is 1.88 bits per heavy atom. The lowest BCUT2D eigenvalue weighted by atomic mass is 9.87. The molecule has 0 radical (unpaired) electrons. The topological polar surface area (TPSA) is 122 Å². The Kier molecular flexibility index (Phi) is 5.29. The maximum atomic E-state index is 11.7.